The van der Waals surface area contributed by atoms with E-state index >= 15 is 0 Å². The Balaban J connectivity index is 1.76. The first-order valence-electron chi connectivity index (χ1n) is 9.68. The molecule has 0 unspecified atom stereocenters. The molecule has 30 heavy (non-hydrogen) atoms. The number of aliphatic hydroxyl groups excluding tert-OH is 1. The number of nitro groups is 1. The largest absolute Gasteiger partial charge is 0.389 e. The number of non-ortho nitro benzene ring substituents is 1. The molecule has 2 atom stereocenters. The minimum atomic E-state index is -0.666. The molecule has 0 aliphatic carbocycles. The number of aromatic nitrogens is 2. The van der Waals surface area contributed by atoms with Crippen molar-refractivity contribution in [2.45, 2.75) is 25.5 Å². The maximum atomic E-state index is 10.8. The highest BCUT2D eigenvalue weighted by atomic mass is 16.6. The van der Waals surface area contributed by atoms with Gasteiger partial charge in [-0.1, -0.05) is 35.5 Å². The Morgan fingerprint density at radius 3 is 2.60 bits per heavy atom. The third kappa shape index (κ3) is 5.93. The van der Waals surface area contributed by atoms with Gasteiger partial charge in [0.2, 0.25) is 11.7 Å². The third-order valence-electron chi connectivity index (χ3n) is 4.47. The normalized spacial score (nSPS) is 13.1. The fraction of sp³-hybridized carbons (Fsp3) is 0.333. The van der Waals surface area contributed by atoms with Crippen molar-refractivity contribution in [1.82, 2.24) is 15.5 Å². The molecule has 0 amide bonds. The highest BCUT2D eigenvalue weighted by Crippen LogP contribution is 2.23. The summed E-state index contributed by atoms with van der Waals surface area (Å²) in [4.78, 5) is 14.8. The number of nitro benzene ring substituents is 1. The molecule has 0 spiro atoms. The molecule has 1 aromatic heterocycles. The topological polar surface area (TPSA) is 124 Å². The quantitative estimate of drug-likeness (QED) is 0.364. The van der Waals surface area contributed by atoms with Gasteiger partial charge < -0.3 is 19.7 Å². The molecule has 9 heteroatoms. The second-order valence-electron chi connectivity index (χ2n) is 6.72. The highest BCUT2D eigenvalue weighted by Gasteiger charge is 2.21. The molecule has 0 aliphatic heterocycles. The fourth-order valence-electron chi connectivity index (χ4n) is 2.91. The molecule has 2 N–H and O–H groups in total. The predicted molar refractivity (Wildman–Crippen MR) is 110 cm³/mol. The molecule has 3 aromatic rings. The first-order chi connectivity index (χ1) is 14.6. The number of hydrogen-bond acceptors (Lipinski definition) is 8. The minimum Gasteiger partial charge on any atom is -0.389 e. The van der Waals surface area contributed by atoms with Gasteiger partial charge in [-0.15, -0.1) is 0 Å². The standard InChI is InChI=1S/C21H24N4O5/c1-2-29-14-18(26)13-22-19(12-15-6-4-3-5-7-15)21-23-20(24-30-21)16-8-10-17(11-9-16)25(27)28/h3-11,18-19,22,26H,2,12-14H2,1H3/t18-,19+/m0/s1. The number of rotatable bonds is 11. The number of aliphatic hydroxyl groups is 1. The molecule has 0 saturated carbocycles. The predicted octanol–water partition coefficient (Wildman–Crippen LogP) is 2.92. The number of nitrogens with zero attached hydrogens (tertiary/aromatic N) is 3. The molecule has 0 aliphatic rings. The van der Waals surface area contributed by atoms with Crippen LogP contribution in [-0.4, -0.2) is 46.0 Å². The summed E-state index contributed by atoms with van der Waals surface area (Å²) in [7, 11) is 0. The zero-order valence-corrected chi connectivity index (χ0v) is 16.6. The minimum absolute atomic E-state index is 0.00521. The smallest absolute Gasteiger partial charge is 0.269 e. The molecule has 158 valence electrons. The molecule has 0 saturated heterocycles. The highest BCUT2D eigenvalue weighted by molar-refractivity contribution is 5.56. The lowest BCUT2D eigenvalue weighted by Crippen LogP contribution is -2.34. The van der Waals surface area contributed by atoms with E-state index in [2.05, 4.69) is 15.5 Å². The van der Waals surface area contributed by atoms with E-state index in [-0.39, 0.29) is 18.3 Å². The second kappa shape index (κ2) is 10.6. The van der Waals surface area contributed by atoms with E-state index in [1.165, 1.54) is 12.1 Å². The van der Waals surface area contributed by atoms with Crippen LogP contribution in [0.2, 0.25) is 0 Å². The lowest BCUT2D eigenvalue weighted by molar-refractivity contribution is -0.384. The summed E-state index contributed by atoms with van der Waals surface area (Å²) < 4.78 is 10.7. The summed E-state index contributed by atoms with van der Waals surface area (Å²) in [6.45, 7) is 2.94. The van der Waals surface area contributed by atoms with Crippen LogP contribution in [0.15, 0.2) is 59.1 Å². The van der Waals surface area contributed by atoms with Crippen LogP contribution in [0.25, 0.3) is 11.4 Å². The Kier molecular flexibility index (Phi) is 7.61. The molecular formula is C21H24N4O5. The van der Waals surface area contributed by atoms with Crippen LogP contribution < -0.4 is 5.32 Å². The first kappa shape index (κ1) is 21.6. The van der Waals surface area contributed by atoms with Crippen molar-refractivity contribution in [3.8, 4) is 11.4 Å². The summed E-state index contributed by atoms with van der Waals surface area (Å²) in [5.41, 5.74) is 1.68. The van der Waals surface area contributed by atoms with Gasteiger partial charge in [0, 0.05) is 30.8 Å². The summed E-state index contributed by atoms with van der Waals surface area (Å²) in [5, 5.41) is 28.2. The average molecular weight is 412 g/mol. The molecule has 3 rings (SSSR count). The van der Waals surface area contributed by atoms with Crippen LogP contribution in [0.4, 0.5) is 5.69 Å². The second-order valence-corrected chi connectivity index (χ2v) is 6.72. The van der Waals surface area contributed by atoms with Gasteiger partial charge in [-0.05, 0) is 31.0 Å². The van der Waals surface area contributed by atoms with Crippen LogP contribution in [0.3, 0.4) is 0 Å². The number of benzene rings is 2. The van der Waals surface area contributed by atoms with Crippen LogP contribution in [0.5, 0.6) is 0 Å². The monoisotopic (exact) mass is 412 g/mol. The Morgan fingerprint density at radius 2 is 1.93 bits per heavy atom. The Bertz CT molecular complexity index is 930. The van der Waals surface area contributed by atoms with Crippen molar-refractivity contribution in [3.63, 3.8) is 0 Å². The number of ether oxygens (including phenoxy) is 1. The van der Waals surface area contributed by atoms with Crippen LogP contribution in [-0.2, 0) is 11.2 Å². The van der Waals surface area contributed by atoms with Crippen molar-refractivity contribution < 1.29 is 19.3 Å². The Morgan fingerprint density at radius 1 is 1.20 bits per heavy atom. The zero-order valence-electron chi connectivity index (χ0n) is 16.6. The van der Waals surface area contributed by atoms with E-state index in [1.807, 2.05) is 37.3 Å². The van der Waals surface area contributed by atoms with Crippen molar-refractivity contribution in [2.75, 3.05) is 19.8 Å². The Labute approximate surface area is 173 Å². The summed E-state index contributed by atoms with van der Waals surface area (Å²) in [6.07, 6.45) is -0.0790. The van der Waals surface area contributed by atoms with Gasteiger partial charge in [0.15, 0.2) is 0 Å². The van der Waals surface area contributed by atoms with Crippen molar-refractivity contribution in [2.24, 2.45) is 0 Å². The zero-order chi connectivity index (χ0) is 21.3. The fourth-order valence-corrected chi connectivity index (χ4v) is 2.91. The average Bonchev–Trinajstić information content (AvgIpc) is 3.26. The molecular weight excluding hydrogens is 388 g/mol. The lowest BCUT2D eigenvalue weighted by Gasteiger charge is -2.18. The van der Waals surface area contributed by atoms with Gasteiger partial charge in [-0.25, -0.2) is 0 Å². The molecule has 0 radical (unpaired) electrons. The molecule has 1 heterocycles. The van der Waals surface area contributed by atoms with Crippen LogP contribution >= 0.6 is 0 Å². The molecule has 2 aromatic carbocycles. The Hall–Kier alpha value is -3.14. The first-order valence-corrected chi connectivity index (χ1v) is 9.68. The molecule has 9 nitrogen and oxygen atoms in total. The van der Waals surface area contributed by atoms with Gasteiger partial charge in [0.1, 0.15) is 0 Å². The van der Waals surface area contributed by atoms with Crippen LogP contribution in [0.1, 0.15) is 24.4 Å². The van der Waals surface area contributed by atoms with E-state index in [0.29, 0.717) is 36.9 Å². The summed E-state index contributed by atoms with van der Waals surface area (Å²) in [5.74, 6) is 0.713. The maximum absolute atomic E-state index is 10.8. The summed E-state index contributed by atoms with van der Waals surface area (Å²) >= 11 is 0. The molecule has 0 bridgehead atoms. The summed E-state index contributed by atoms with van der Waals surface area (Å²) in [6, 6.07) is 15.5. The van der Waals surface area contributed by atoms with Crippen molar-refractivity contribution in [3.05, 3.63) is 76.2 Å². The van der Waals surface area contributed by atoms with Gasteiger partial charge in [0.05, 0.1) is 23.7 Å². The van der Waals surface area contributed by atoms with Crippen molar-refractivity contribution >= 4 is 5.69 Å². The third-order valence-corrected chi connectivity index (χ3v) is 4.47. The van der Waals surface area contributed by atoms with E-state index < -0.39 is 11.0 Å². The van der Waals surface area contributed by atoms with E-state index in [0.717, 1.165) is 5.56 Å². The van der Waals surface area contributed by atoms with Crippen LogP contribution in [0, 0.1) is 10.1 Å². The van der Waals surface area contributed by atoms with Gasteiger partial charge in [-0.3, -0.25) is 10.1 Å². The SMILES string of the molecule is CCOC[C@@H](O)CN[C@H](Cc1ccccc1)c1nc(-c2ccc([N+](=O)[O-])cc2)no1. The van der Waals surface area contributed by atoms with Gasteiger partial charge in [0.25, 0.3) is 5.69 Å². The van der Waals surface area contributed by atoms with Crippen molar-refractivity contribution in [1.29, 1.82) is 0 Å². The lowest BCUT2D eigenvalue weighted by atomic mass is 10.1. The molecule has 0 fully saturated rings. The maximum Gasteiger partial charge on any atom is 0.269 e. The van der Waals surface area contributed by atoms with E-state index in [4.69, 9.17) is 9.26 Å². The van der Waals surface area contributed by atoms with Gasteiger partial charge in [-0.2, -0.15) is 4.98 Å². The van der Waals surface area contributed by atoms with E-state index in [9.17, 15) is 15.2 Å². The number of hydrogen-bond donors (Lipinski definition) is 2. The van der Waals surface area contributed by atoms with Gasteiger partial charge >= 0.3 is 0 Å². The number of nitrogens with one attached hydrogen (secondary N) is 1. The van der Waals surface area contributed by atoms with E-state index in [1.54, 1.807) is 12.1 Å².